The molecule has 41 heavy (non-hydrogen) atoms. The summed E-state index contributed by atoms with van der Waals surface area (Å²) in [7, 11) is 1.37. The molecule has 0 spiro atoms. The van der Waals surface area contributed by atoms with Gasteiger partial charge in [0.15, 0.2) is 11.6 Å². The summed E-state index contributed by atoms with van der Waals surface area (Å²) in [4.78, 5) is 38.7. The zero-order chi connectivity index (χ0) is 28.9. The number of nitrogens with one attached hydrogen (secondary N) is 1. The molecule has 1 amide bonds. The number of halogens is 1. The molecule has 2 fully saturated rings. The molecule has 1 N–H and O–H groups in total. The van der Waals surface area contributed by atoms with Gasteiger partial charge in [-0.1, -0.05) is 42.5 Å². The molecular weight excluding hydrogens is 529 g/mol. The summed E-state index contributed by atoms with van der Waals surface area (Å²) in [5.74, 6) is -2.40. The largest absolute Gasteiger partial charge is 0.496 e. The highest BCUT2D eigenvalue weighted by atomic mass is 19.1. The fourth-order valence-electron chi connectivity index (χ4n) is 6.22. The predicted molar refractivity (Wildman–Crippen MR) is 148 cm³/mol. The van der Waals surface area contributed by atoms with E-state index in [0.29, 0.717) is 32.3 Å². The summed E-state index contributed by atoms with van der Waals surface area (Å²) < 4.78 is 37.0. The Bertz CT molecular complexity index is 1290. The summed E-state index contributed by atoms with van der Waals surface area (Å²) in [6.07, 6.45) is 6.82. The Balaban J connectivity index is 1.26. The first-order valence-corrected chi connectivity index (χ1v) is 14.3. The molecule has 3 aliphatic rings. The topological polar surface area (TPSA) is 100 Å². The number of carbonyl (C=O) groups is 3. The number of esters is 2. The molecule has 2 aromatic rings. The lowest BCUT2D eigenvalue weighted by molar-refractivity contribution is -0.151. The third-order valence-electron chi connectivity index (χ3n) is 8.34. The second kappa shape index (κ2) is 12.7. The van der Waals surface area contributed by atoms with Gasteiger partial charge in [0, 0.05) is 12.1 Å². The van der Waals surface area contributed by atoms with Crippen molar-refractivity contribution in [2.75, 3.05) is 13.7 Å². The van der Waals surface area contributed by atoms with Crippen molar-refractivity contribution in [3.8, 4) is 11.5 Å². The fourth-order valence-corrected chi connectivity index (χ4v) is 6.22. The molecule has 5 rings (SSSR count). The van der Waals surface area contributed by atoms with Crippen LogP contribution >= 0.6 is 0 Å². The first-order valence-electron chi connectivity index (χ1n) is 14.3. The Morgan fingerprint density at radius 1 is 0.927 bits per heavy atom. The standard InChI is InChI=1S/C32H36FNO7/c1-3-39-31(36)20-11-13-23(14-12-20)41-27-16-24(26(38-2)17-25(27)33)30(35)34-29-22-10-9-21(15-22)28(29)32(37)40-18-19-7-5-4-6-8-19/h4-10,16-17,20-23,28-29H,3,11-15,18H2,1-2H3,(H,34,35)/t20?,21-,22+,23?,28+,29-/m1/s1. The number of amides is 1. The van der Waals surface area contributed by atoms with Gasteiger partial charge in [0.05, 0.1) is 37.2 Å². The van der Waals surface area contributed by atoms with Gasteiger partial charge in [-0.3, -0.25) is 14.4 Å². The van der Waals surface area contributed by atoms with Crippen molar-refractivity contribution in [2.45, 2.75) is 57.8 Å². The molecule has 8 nitrogen and oxygen atoms in total. The molecular formula is C32H36FNO7. The Morgan fingerprint density at radius 2 is 1.66 bits per heavy atom. The molecule has 0 radical (unpaired) electrons. The van der Waals surface area contributed by atoms with Crippen LogP contribution in [0.2, 0.25) is 0 Å². The third kappa shape index (κ3) is 6.39. The van der Waals surface area contributed by atoms with Gasteiger partial charge in [0.2, 0.25) is 0 Å². The number of hydrogen-bond donors (Lipinski definition) is 1. The second-order valence-electron chi connectivity index (χ2n) is 10.9. The van der Waals surface area contributed by atoms with E-state index in [1.807, 2.05) is 42.5 Å². The number of allylic oxidation sites excluding steroid dienone is 1. The fraction of sp³-hybridized carbons (Fsp3) is 0.469. The molecule has 0 aliphatic heterocycles. The van der Waals surface area contributed by atoms with E-state index in [1.54, 1.807) is 6.92 Å². The van der Waals surface area contributed by atoms with Crippen LogP contribution in [0.15, 0.2) is 54.6 Å². The van der Waals surface area contributed by atoms with Crippen LogP contribution in [0.4, 0.5) is 4.39 Å². The van der Waals surface area contributed by atoms with E-state index in [9.17, 15) is 18.8 Å². The molecule has 3 aliphatic carbocycles. The second-order valence-corrected chi connectivity index (χ2v) is 10.9. The maximum atomic E-state index is 15.0. The molecule has 2 saturated carbocycles. The van der Waals surface area contributed by atoms with Gasteiger partial charge < -0.3 is 24.3 Å². The highest BCUT2D eigenvalue weighted by molar-refractivity contribution is 5.98. The van der Waals surface area contributed by atoms with Crippen LogP contribution in [-0.2, 0) is 25.7 Å². The minimum atomic E-state index is -0.642. The average Bonchev–Trinajstić information content (AvgIpc) is 3.60. The Kier molecular flexibility index (Phi) is 8.90. The van der Waals surface area contributed by atoms with Crippen LogP contribution < -0.4 is 14.8 Å². The number of fused-ring (bicyclic) bond motifs is 2. The van der Waals surface area contributed by atoms with Crippen LogP contribution in [-0.4, -0.2) is 43.7 Å². The SMILES string of the molecule is CCOC(=O)C1CCC(Oc2cc(C(=O)N[C@H]3[C@@H](C(=O)OCc4ccccc4)[C@@H]4C=C[C@H]3C4)c(OC)cc2F)CC1. The number of ether oxygens (including phenoxy) is 4. The maximum absolute atomic E-state index is 15.0. The summed E-state index contributed by atoms with van der Waals surface area (Å²) in [6.45, 7) is 2.27. The zero-order valence-corrected chi connectivity index (χ0v) is 23.3. The van der Waals surface area contributed by atoms with E-state index in [1.165, 1.54) is 13.2 Å². The number of benzene rings is 2. The van der Waals surface area contributed by atoms with Gasteiger partial charge in [-0.15, -0.1) is 0 Å². The predicted octanol–water partition coefficient (Wildman–Crippen LogP) is 5.00. The monoisotopic (exact) mass is 565 g/mol. The van der Waals surface area contributed by atoms with Crippen LogP contribution in [0.1, 0.15) is 54.9 Å². The van der Waals surface area contributed by atoms with Gasteiger partial charge >= 0.3 is 11.9 Å². The van der Waals surface area contributed by atoms with E-state index in [4.69, 9.17) is 18.9 Å². The highest BCUT2D eigenvalue weighted by Crippen LogP contribution is 2.45. The smallest absolute Gasteiger partial charge is 0.311 e. The van der Waals surface area contributed by atoms with Gasteiger partial charge in [-0.05, 0) is 62.5 Å². The summed E-state index contributed by atoms with van der Waals surface area (Å²) in [6, 6.07) is 11.5. The van der Waals surface area contributed by atoms with Gasteiger partial charge in [0.25, 0.3) is 5.91 Å². The van der Waals surface area contributed by atoms with Gasteiger partial charge in [-0.2, -0.15) is 0 Å². The third-order valence-corrected chi connectivity index (χ3v) is 8.34. The maximum Gasteiger partial charge on any atom is 0.311 e. The quantitative estimate of drug-likeness (QED) is 0.320. The Morgan fingerprint density at radius 3 is 2.37 bits per heavy atom. The van der Waals surface area contributed by atoms with E-state index in [2.05, 4.69) is 5.32 Å². The van der Waals surface area contributed by atoms with E-state index >= 15 is 0 Å². The van der Waals surface area contributed by atoms with Crippen molar-refractivity contribution in [1.29, 1.82) is 0 Å². The normalized spacial score (nSPS) is 26.3. The lowest BCUT2D eigenvalue weighted by Crippen LogP contribution is -2.46. The highest BCUT2D eigenvalue weighted by Gasteiger charge is 2.50. The van der Waals surface area contributed by atoms with Gasteiger partial charge in [-0.25, -0.2) is 4.39 Å². The first kappa shape index (κ1) is 28.6. The summed E-state index contributed by atoms with van der Waals surface area (Å²) in [5, 5.41) is 3.01. The Hall–Kier alpha value is -3.88. The van der Waals surface area contributed by atoms with E-state index < -0.39 is 23.7 Å². The van der Waals surface area contributed by atoms with E-state index in [0.717, 1.165) is 18.1 Å². The van der Waals surface area contributed by atoms with Crippen LogP contribution in [0.5, 0.6) is 11.5 Å². The average molecular weight is 566 g/mol. The van der Waals surface area contributed by atoms with Crippen LogP contribution in [0.3, 0.4) is 0 Å². The molecule has 0 heterocycles. The van der Waals surface area contributed by atoms with Crippen molar-refractivity contribution >= 4 is 17.8 Å². The minimum Gasteiger partial charge on any atom is -0.496 e. The number of methoxy groups -OCH3 is 1. The molecule has 2 bridgehead atoms. The van der Waals surface area contributed by atoms with Crippen LogP contribution in [0, 0.1) is 29.5 Å². The van der Waals surface area contributed by atoms with Crippen LogP contribution in [0.25, 0.3) is 0 Å². The molecule has 0 aromatic heterocycles. The summed E-state index contributed by atoms with van der Waals surface area (Å²) >= 11 is 0. The lowest BCUT2D eigenvalue weighted by atomic mass is 9.87. The number of carbonyl (C=O) groups excluding carboxylic acids is 3. The van der Waals surface area contributed by atoms with Crippen molar-refractivity contribution < 1.29 is 37.7 Å². The molecule has 0 saturated heterocycles. The Labute approximate surface area is 239 Å². The molecule has 0 unspecified atom stereocenters. The minimum absolute atomic E-state index is 0.00466. The van der Waals surface area contributed by atoms with Gasteiger partial charge in [0.1, 0.15) is 12.4 Å². The lowest BCUT2D eigenvalue weighted by Gasteiger charge is -2.29. The molecule has 4 atom stereocenters. The first-order chi connectivity index (χ1) is 19.9. The summed E-state index contributed by atoms with van der Waals surface area (Å²) in [5.41, 5.74) is 1.00. The van der Waals surface area contributed by atoms with Crippen molar-refractivity contribution in [2.24, 2.45) is 23.7 Å². The van der Waals surface area contributed by atoms with Crippen molar-refractivity contribution in [3.63, 3.8) is 0 Å². The van der Waals surface area contributed by atoms with Crippen molar-refractivity contribution in [1.82, 2.24) is 5.32 Å². The van der Waals surface area contributed by atoms with Crippen molar-refractivity contribution in [3.05, 3.63) is 71.6 Å². The number of hydrogen-bond acceptors (Lipinski definition) is 7. The number of rotatable bonds is 10. The van der Waals surface area contributed by atoms with E-state index in [-0.39, 0.29) is 59.5 Å². The molecule has 2 aromatic carbocycles. The molecule has 218 valence electrons. The zero-order valence-electron chi connectivity index (χ0n) is 23.3. The molecule has 9 heteroatoms.